The third-order valence-corrected chi connectivity index (χ3v) is 4.09. The molecule has 1 N–H and O–H groups in total. The number of carbonyl (C=O) groups is 2. The normalized spacial score (nSPS) is 11.8. The van der Waals surface area contributed by atoms with Crippen LogP contribution in [0.3, 0.4) is 0 Å². The van der Waals surface area contributed by atoms with Crippen molar-refractivity contribution in [2.45, 2.75) is 13.0 Å². The van der Waals surface area contributed by atoms with Crippen LogP contribution in [0.15, 0.2) is 41.8 Å². The third-order valence-electron chi connectivity index (χ3n) is 3.25. The van der Waals surface area contributed by atoms with Crippen molar-refractivity contribution in [2.75, 3.05) is 12.4 Å². The summed E-state index contributed by atoms with van der Waals surface area (Å²) < 4.78 is 9.93. The second kappa shape index (κ2) is 8.77. The van der Waals surface area contributed by atoms with Gasteiger partial charge in [-0.2, -0.15) is 0 Å². The molecule has 1 unspecified atom stereocenters. The first-order valence-corrected chi connectivity index (χ1v) is 8.34. The Bertz CT molecular complexity index is 832. The number of esters is 1. The van der Waals surface area contributed by atoms with Gasteiger partial charge in [-0.05, 0) is 36.6 Å². The molecule has 2 rings (SSSR count). The van der Waals surface area contributed by atoms with Crippen molar-refractivity contribution in [1.82, 2.24) is 0 Å². The van der Waals surface area contributed by atoms with Crippen molar-refractivity contribution in [3.05, 3.63) is 56.8 Å². The number of rotatable bonds is 7. The van der Waals surface area contributed by atoms with Crippen molar-refractivity contribution in [1.29, 1.82) is 0 Å². The summed E-state index contributed by atoms with van der Waals surface area (Å²) in [6, 6.07) is 7.68. The molecule has 26 heavy (non-hydrogen) atoms. The number of nitrogens with zero attached hydrogens (tertiary/aromatic N) is 1. The van der Waals surface area contributed by atoms with Gasteiger partial charge in [-0.3, -0.25) is 14.9 Å². The maximum absolute atomic E-state index is 12.1. The van der Waals surface area contributed by atoms with Crippen molar-refractivity contribution < 1.29 is 24.0 Å². The topological polar surface area (TPSA) is 108 Å². The highest BCUT2D eigenvalue weighted by Crippen LogP contribution is 2.29. The molecular formula is C17H16N2O6S. The molecule has 0 aliphatic carbocycles. The van der Waals surface area contributed by atoms with E-state index in [0.717, 1.165) is 4.88 Å². The smallest absolute Gasteiger partial charge is 0.331 e. The predicted molar refractivity (Wildman–Crippen MR) is 97.2 cm³/mol. The monoisotopic (exact) mass is 376 g/mol. The number of anilines is 1. The van der Waals surface area contributed by atoms with Gasteiger partial charge in [-0.1, -0.05) is 6.07 Å². The van der Waals surface area contributed by atoms with Crippen molar-refractivity contribution in [3.63, 3.8) is 0 Å². The van der Waals surface area contributed by atoms with E-state index in [2.05, 4.69) is 5.32 Å². The Labute approximate surface area is 153 Å². The van der Waals surface area contributed by atoms with E-state index in [0.29, 0.717) is 0 Å². The minimum Gasteiger partial charge on any atom is -0.496 e. The summed E-state index contributed by atoms with van der Waals surface area (Å²) in [7, 11) is 1.38. The van der Waals surface area contributed by atoms with Crippen molar-refractivity contribution in [2.24, 2.45) is 0 Å². The Hall–Kier alpha value is -3.20. The van der Waals surface area contributed by atoms with Crippen LogP contribution in [-0.4, -0.2) is 30.0 Å². The maximum Gasteiger partial charge on any atom is 0.331 e. The standard InChI is InChI=1S/C17H16N2O6S/c1-11(25-16(20)8-6-13-4-3-9-26-13)17(21)18-14-7-5-12(24-2)10-15(14)19(22)23/h3-11H,1-2H3,(H,18,21)/b8-6+. The minimum atomic E-state index is -1.13. The number of thiophene rings is 1. The molecule has 0 fully saturated rings. The van der Waals surface area contributed by atoms with E-state index in [-0.39, 0.29) is 17.1 Å². The molecule has 0 saturated heterocycles. The van der Waals surface area contributed by atoms with Crippen LogP contribution in [0, 0.1) is 10.1 Å². The van der Waals surface area contributed by atoms with Gasteiger partial charge in [0.1, 0.15) is 11.4 Å². The van der Waals surface area contributed by atoms with E-state index >= 15 is 0 Å². The molecule has 8 nitrogen and oxygen atoms in total. The first-order chi connectivity index (χ1) is 12.4. The van der Waals surface area contributed by atoms with Crippen molar-refractivity contribution in [3.8, 4) is 5.75 Å². The molecule has 136 valence electrons. The average molecular weight is 376 g/mol. The molecule has 1 aromatic heterocycles. The van der Waals surface area contributed by atoms with Crippen LogP contribution in [0.2, 0.25) is 0 Å². The zero-order chi connectivity index (χ0) is 19.1. The summed E-state index contributed by atoms with van der Waals surface area (Å²) in [6.45, 7) is 1.38. The average Bonchev–Trinajstić information content (AvgIpc) is 3.13. The van der Waals surface area contributed by atoms with Crippen LogP contribution in [0.4, 0.5) is 11.4 Å². The Balaban J connectivity index is 2.00. The lowest BCUT2D eigenvalue weighted by Gasteiger charge is -2.13. The summed E-state index contributed by atoms with van der Waals surface area (Å²) >= 11 is 1.45. The number of hydrogen-bond acceptors (Lipinski definition) is 7. The Morgan fingerprint density at radius 2 is 2.12 bits per heavy atom. The number of benzene rings is 1. The molecule has 0 aliphatic heterocycles. The number of methoxy groups -OCH3 is 1. The van der Waals surface area contributed by atoms with Gasteiger partial charge in [0, 0.05) is 11.0 Å². The lowest BCUT2D eigenvalue weighted by atomic mass is 10.2. The Morgan fingerprint density at radius 3 is 2.73 bits per heavy atom. The third kappa shape index (κ3) is 5.15. The van der Waals surface area contributed by atoms with E-state index in [1.54, 1.807) is 6.08 Å². The molecular weight excluding hydrogens is 360 g/mol. The SMILES string of the molecule is COc1ccc(NC(=O)C(C)OC(=O)/C=C/c2cccs2)c([N+](=O)[O-])c1. The molecule has 9 heteroatoms. The summed E-state index contributed by atoms with van der Waals surface area (Å²) in [4.78, 5) is 35.3. The zero-order valence-electron chi connectivity index (χ0n) is 14.0. The van der Waals surface area contributed by atoms with Crippen LogP contribution >= 0.6 is 11.3 Å². The highest BCUT2D eigenvalue weighted by atomic mass is 32.1. The van der Waals surface area contributed by atoms with E-state index in [1.165, 1.54) is 49.6 Å². The molecule has 0 saturated carbocycles. The van der Waals surface area contributed by atoms with Gasteiger partial charge < -0.3 is 14.8 Å². The number of ether oxygens (including phenoxy) is 2. The quantitative estimate of drug-likeness (QED) is 0.344. The highest BCUT2D eigenvalue weighted by molar-refractivity contribution is 7.10. The van der Waals surface area contributed by atoms with Gasteiger partial charge in [0.05, 0.1) is 18.1 Å². The van der Waals surface area contributed by atoms with Gasteiger partial charge in [-0.25, -0.2) is 4.79 Å². The van der Waals surface area contributed by atoms with Crippen LogP contribution in [-0.2, 0) is 14.3 Å². The van der Waals surface area contributed by atoms with Crippen LogP contribution in [0.1, 0.15) is 11.8 Å². The van der Waals surface area contributed by atoms with E-state index < -0.39 is 22.9 Å². The van der Waals surface area contributed by atoms with Crippen LogP contribution < -0.4 is 10.1 Å². The molecule has 1 aromatic carbocycles. The summed E-state index contributed by atoms with van der Waals surface area (Å²) in [5, 5.41) is 15.4. The largest absolute Gasteiger partial charge is 0.496 e. The van der Waals surface area contributed by atoms with Gasteiger partial charge >= 0.3 is 5.97 Å². The lowest BCUT2D eigenvalue weighted by molar-refractivity contribution is -0.384. The van der Waals surface area contributed by atoms with E-state index in [4.69, 9.17) is 9.47 Å². The maximum atomic E-state index is 12.1. The fraction of sp³-hybridized carbons (Fsp3) is 0.176. The predicted octanol–water partition coefficient (Wildman–Crippen LogP) is 3.25. The summed E-state index contributed by atoms with van der Waals surface area (Å²) in [5.74, 6) is -1.09. The molecule has 1 heterocycles. The number of nitro benzene ring substituents is 1. The number of hydrogen-bond donors (Lipinski definition) is 1. The molecule has 0 radical (unpaired) electrons. The minimum absolute atomic E-state index is 0.0159. The fourth-order valence-corrected chi connectivity index (χ4v) is 2.55. The van der Waals surface area contributed by atoms with Gasteiger partial charge in [0.15, 0.2) is 6.10 Å². The second-order valence-corrected chi connectivity index (χ2v) is 6.04. The first-order valence-electron chi connectivity index (χ1n) is 7.46. The molecule has 0 bridgehead atoms. The first kappa shape index (κ1) is 19.1. The highest BCUT2D eigenvalue weighted by Gasteiger charge is 2.22. The number of carbonyl (C=O) groups excluding carboxylic acids is 2. The number of amides is 1. The molecule has 1 atom stereocenters. The van der Waals surface area contributed by atoms with Crippen LogP contribution in [0.25, 0.3) is 6.08 Å². The van der Waals surface area contributed by atoms with E-state index in [1.807, 2.05) is 17.5 Å². The number of nitrogens with one attached hydrogen (secondary N) is 1. The Kier molecular flexibility index (Phi) is 6.45. The summed E-state index contributed by atoms with van der Waals surface area (Å²) in [6.07, 6.45) is 1.66. The van der Waals surface area contributed by atoms with Crippen LogP contribution in [0.5, 0.6) is 5.75 Å². The number of nitro groups is 1. The molecule has 0 aliphatic rings. The molecule has 0 spiro atoms. The molecule has 2 aromatic rings. The Morgan fingerprint density at radius 1 is 1.35 bits per heavy atom. The van der Waals surface area contributed by atoms with Gasteiger partial charge in [0.2, 0.25) is 0 Å². The summed E-state index contributed by atoms with van der Waals surface area (Å²) in [5.41, 5.74) is -0.341. The fourth-order valence-electron chi connectivity index (χ4n) is 1.93. The molecule has 1 amide bonds. The lowest BCUT2D eigenvalue weighted by Crippen LogP contribution is -2.29. The van der Waals surface area contributed by atoms with Crippen molar-refractivity contribution >= 4 is 40.7 Å². The second-order valence-electron chi connectivity index (χ2n) is 5.06. The van der Waals surface area contributed by atoms with E-state index in [9.17, 15) is 19.7 Å². The van der Waals surface area contributed by atoms with Gasteiger partial charge in [0.25, 0.3) is 11.6 Å². The van der Waals surface area contributed by atoms with Gasteiger partial charge in [-0.15, -0.1) is 11.3 Å². The zero-order valence-corrected chi connectivity index (χ0v) is 14.8.